The number of allylic oxidation sites excluding steroid dienone is 1. The first-order valence-corrected chi connectivity index (χ1v) is 39.2. The van der Waals surface area contributed by atoms with Gasteiger partial charge in [-0.2, -0.15) is 0 Å². The zero-order valence-electron chi connectivity index (χ0n) is 61.7. The van der Waals surface area contributed by atoms with Crippen molar-refractivity contribution in [3.63, 3.8) is 0 Å². The standard InChI is InChI=1S/C108H72N2/c1-105(2)87-41-19-15-33-75(87)77-57-53-73(61-91(77)105)109(95-59-51-69-47-45-65-25-23-27-67-49-55-85(95)101(69)99(65)67)97-63-93-103(81-37-13-11-35-79(81)97)83-39-17-21-43-89(83)107(93,71-29-7-5-8-30-71)108(72-31-9-6-10-32-72)90-44-22-18-40-84(90)104-82-38-14-12-36-80(82)98(64-94(104)108)110(74-54-58-78-76-34-16-20-42-88(76)106(3,4)92(78)62-74)96-60-52-70-48-46-66-26-24-28-68-50-56-86(96)102(70)100(66)68/h5-10,13-34,37-48,51-54,57-64H,11,35,50,56H2,1-4H3. The van der Waals surface area contributed by atoms with E-state index >= 15 is 0 Å². The molecular weight excluding hydrogens is 1330 g/mol. The first kappa shape index (κ1) is 61.9. The number of hydrogen-bond donors (Lipinski definition) is 0. The Morgan fingerprint density at radius 1 is 0.318 bits per heavy atom. The number of rotatable bonds is 9. The number of benzene rings is 16. The summed E-state index contributed by atoms with van der Waals surface area (Å²) >= 11 is 0. The molecule has 0 fully saturated rings. The molecule has 2 nitrogen and oxygen atoms in total. The summed E-state index contributed by atoms with van der Waals surface area (Å²) in [6.45, 7) is 9.68. The Bertz CT molecular complexity index is 7090. The van der Waals surface area contributed by atoms with Crippen LogP contribution in [0.2, 0.25) is 0 Å². The Labute approximate surface area is 641 Å². The van der Waals surface area contributed by atoms with Gasteiger partial charge >= 0.3 is 0 Å². The zero-order chi connectivity index (χ0) is 72.7. The van der Waals surface area contributed by atoms with Crippen molar-refractivity contribution in [2.75, 3.05) is 9.80 Å². The van der Waals surface area contributed by atoms with Crippen molar-refractivity contribution in [3.05, 3.63) is 412 Å². The number of nitrogens with zero attached hydrogens (tertiary/aromatic N) is 2. The maximum atomic E-state index is 3.96. The van der Waals surface area contributed by atoms with Gasteiger partial charge < -0.3 is 9.80 Å². The minimum Gasteiger partial charge on any atom is -0.309 e. The maximum absolute atomic E-state index is 3.96. The van der Waals surface area contributed by atoms with Crippen molar-refractivity contribution in [2.24, 2.45) is 0 Å². The molecule has 0 amide bonds. The van der Waals surface area contributed by atoms with Crippen LogP contribution < -0.4 is 9.80 Å². The molecule has 6 aliphatic carbocycles. The maximum Gasteiger partial charge on any atom is 0.0642 e. The van der Waals surface area contributed by atoms with Crippen LogP contribution in [0.1, 0.15) is 112 Å². The summed E-state index contributed by atoms with van der Waals surface area (Å²) in [5.74, 6) is 0. The predicted molar refractivity (Wildman–Crippen MR) is 457 cm³/mol. The van der Waals surface area contributed by atoms with Gasteiger partial charge in [-0.3, -0.25) is 0 Å². The molecular formula is C108H72N2. The van der Waals surface area contributed by atoms with Gasteiger partial charge in [0.2, 0.25) is 0 Å². The van der Waals surface area contributed by atoms with E-state index in [0.717, 1.165) is 70.0 Å². The van der Waals surface area contributed by atoms with Crippen LogP contribution in [0.25, 0.3) is 115 Å². The van der Waals surface area contributed by atoms with Crippen molar-refractivity contribution in [3.8, 4) is 44.5 Å². The fourth-order valence-corrected chi connectivity index (χ4v) is 22.4. The second-order valence-electron chi connectivity index (χ2n) is 32.7. The fraction of sp³-hybridized carbons (Fsp3) is 0.111. The first-order chi connectivity index (χ1) is 54.1. The SMILES string of the molecule is CC1(C)c2ccccc2-c2ccc(N(c3ccc4ccc5cccc6c5c4c3CC6)c3cc4c(c5ccc#cc35)-c3ccccc3C4(c3ccccc3)C3(c4ccccc4)c4ccccc4-c4c3cc(N(c3ccc5c(c3)C(C)(C)c3ccccc3-5)c3ccc5ccc6cccc7c#cc3c5c76)c3c4C=CCC3)cc21. The molecule has 2 unspecified atom stereocenters. The predicted octanol–water partition coefficient (Wildman–Crippen LogP) is 27.2. The van der Waals surface area contributed by atoms with Gasteiger partial charge in [-0.1, -0.05) is 301 Å². The van der Waals surface area contributed by atoms with Crippen LogP contribution in [-0.4, -0.2) is 0 Å². The van der Waals surface area contributed by atoms with E-state index in [9.17, 15) is 0 Å². The smallest absolute Gasteiger partial charge is 0.0642 e. The van der Waals surface area contributed by atoms with Gasteiger partial charge in [0.05, 0.1) is 44.4 Å². The second kappa shape index (κ2) is 22.2. The van der Waals surface area contributed by atoms with Crippen molar-refractivity contribution in [1.29, 1.82) is 0 Å². The van der Waals surface area contributed by atoms with Crippen LogP contribution in [0.4, 0.5) is 34.1 Å². The van der Waals surface area contributed by atoms with Crippen LogP contribution in [0.15, 0.2) is 309 Å². The molecule has 514 valence electrons. The minimum absolute atomic E-state index is 0.270. The molecule has 2 heteroatoms. The zero-order valence-corrected chi connectivity index (χ0v) is 61.7. The Morgan fingerprint density at radius 2 is 0.836 bits per heavy atom. The lowest BCUT2D eigenvalue weighted by atomic mass is 9.49. The van der Waals surface area contributed by atoms with Gasteiger partial charge in [-0.05, 0) is 247 Å². The van der Waals surface area contributed by atoms with E-state index in [1.54, 1.807) is 0 Å². The molecule has 0 bridgehead atoms. The summed E-state index contributed by atoms with van der Waals surface area (Å²) in [4.78, 5) is 5.35. The summed E-state index contributed by atoms with van der Waals surface area (Å²) in [6.07, 6.45) is 8.55. The molecule has 0 spiro atoms. The average Bonchev–Trinajstić information content (AvgIpc) is 1.47. The van der Waals surface area contributed by atoms with E-state index in [-0.39, 0.29) is 10.8 Å². The highest BCUT2D eigenvalue weighted by Crippen LogP contribution is 2.73. The van der Waals surface area contributed by atoms with E-state index in [2.05, 4.69) is 377 Å². The van der Waals surface area contributed by atoms with Crippen molar-refractivity contribution >= 4 is 105 Å². The van der Waals surface area contributed by atoms with Crippen LogP contribution >= 0.6 is 0 Å². The van der Waals surface area contributed by atoms with Crippen molar-refractivity contribution < 1.29 is 0 Å². The number of aryl methyl sites for hydroxylation is 2. The Hall–Kier alpha value is -13.2. The highest BCUT2D eigenvalue weighted by Gasteiger charge is 2.65. The first-order valence-electron chi connectivity index (χ1n) is 39.2. The molecule has 0 saturated heterocycles. The van der Waals surface area contributed by atoms with Crippen LogP contribution in [-0.2, 0) is 40.9 Å². The van der Waals surface area contributed by atoms with Crippen LogP contribution in [0.5, 0.6) is 0 Å². The Kier molecular flexibility index (Phi) is 12.5. The largest absolute Gasteiger partial charge is 0.309 e. The van der Waals surface area contributed by atoms with Gasteiger partial charge in [0.15, 0.2) is 0 Å². The third-order valence-electron chi connectivity index (χ3n) is 26.9. The molecule has 18 aromatic rings. The van der Waals surface area contributed by atoms with E-state index in [4.69, 9.17) is 0 Å². The van der Waals surface area contributed by atoms with E-state index in [1.165, 1.54) is 177 Å². The number of anilines is 6. The summed E-state index contributed by atoms with van der Waals surface area (Å²) in [5.41, 5.74) is 32.5. The summed E-state index contributed by atoms with van der Waals surface area (Å²) in [7, 11) is 0. The quantitative estimate of drug-likeness (QED) is 0.133. The lowest BCUT2D eigenvalue weighted by molar-refractivity contribution is 0.437. The fourth-order valence-electron chi connectivity index (χ4n) is 22.4. The second-order valence-corrected chi connectivity index (χ2v) is 32.7. The molecule has 2 atom stereocenters. The number of fused-ring (bicyclic) bond motifs is 16. The van der Waals surface area contributed by atoms with E-state index in [1.807, 2.05) is 0 Å². The molecule has 18 aromatic carbocycles. The third kappa shape index (κ3) is 7.85. The van der Waals surface area contributed by atoms with Gasteiger partial charge in [-0.15, -0.1) is 0 Å². The normalized spacial score (nSPS) is 17.2. The molecule has 0 radical (unpaired) electrons. The average molecular weight is 1400 g/mol. The highest BCUT2D eigenvalue weighted by molar-refractivity contribution is 6.25. The topological polar surface area (TPSA) is 6.48 Å². The van der Waals surface area contributed by atoms with Gasteiger partial charge in [-0.25, -0.2) is 0 Å². The minimum atomic E-state index is -1.02. The summed E-state index contributed by atoms with van der Waals surface area (Å²) < 4.78 is 0. The lowest BCUT2D eigenvalue weighted by Crippen LogP contribution is -2.50. The molecule has 0 N–H and O–H groups in total. The van der Waals surface area contributed by atoms with Gasteiger partial charge in [0.1, 0.15) is 0 Å². The highest BCUT2D eigenvalue weighted by atomic mass is 15.2. The van der Waals surface area contributed by atoms with Crippen LogP contribution in [0.3, 0.4) is 0 Å². The molecule has 0 aromatic heterocycles. The Balaban J connectivity index is 0.854. The molecule has 6 aliphatic rings. The number of hydrogen-bond acceptors (Lipinski definition) is 2. The van der Waals surface area contributed by atoms with Crippen molar-refractivity contribution in [1.82, 2.24) is 0 Å². The van der Waals surface area contributed by atoms with Crippen LogP contribution in [0, 0.1) is 24.3 Å². The van der Waals surface area contributed by atoms with Gasteiger partial charge in [0.25, 0.3) is 0 Å². The Morgan fingerprint density at radius 3 is 1.49 bits per heavy atom. The monoisotopic (exact) mass is 1400 g/mol. The van der Waals surface area contributed by atoms with E-state index in [0.29, 0.717) is 0 Å². The molecule has 0 aliphatic heterocycles. The summed E-state index contributed by atoms with van der Waals surface area (Å²) in [5, 5.41) is 14.4. The lowest BCUT2D eigenvalue weighted by Gasteiger charge is -2.51. The molecule has 24 rings (SSSR count). The molecule has 0 saturated carbocycles. The molecule has 0 heterocycles. The van der Waals surface area contributed by atoms with Crippen molar-refractivity contribution in [2.45, 2.75) is 75.0 Å². The summed E-state index contributed by atoms with van der Waals surface area (Å²) in [6, 6.07) is 133. The van der Waals surface area contributed by atoms with Gasteiger partial charge in [0, 0.05) is 43.7 Å². The molecule has 110 heavy (non-hydrogen) atoms. The third-order valence-corrected chi connectivity index (χ3v) is 26.9. The van der Waals surface area contributed by atoms with E-state index < -0.39 is 10.8 Å².